The normalized spacial score (nSPS) is 11.0. The number of carbonyl (C=O) groups excluding carboxylic acids is 2. The lowest BCUT2D eigenvalue weighted by Gasteiger charge is -2.29. The highest BCUT2D eigenvalue weighted by atomic mass is 35.5. The molecular weight excluding hydrogens is 299 g/mol. The first-order chi connectivity index (χ1) is 10.0. The predicted octanol–water partition coefficient (Wildman–Crippen LogP) is 3.06. The minimum atomic E-state index is -1.88. The Hall–Kier alpha value is -1.62. The van der Waals surface area contributed by atoms with Gasteiger partial charge in [-0.25, -0.2) is 0 Å². The summed E-state index contributed by atoms with van der Waals surface area (Å²) < 4.78 is 23.0. The number of halogens is 2. The van der Waals surface area contributed by atoms with Gasteiger partial charge in [-0.1, -0.05) is 29.8 Å². The summed E-state index contributed by atoms with van der Waals surface area (Å²) >= 11 is 6.09. The van der Waals surface area contributed by atoms with Gasteiger partial charge in [0.15, 0.2) is 5.41 Å². The molecule has 0 saturated carbocycles. The van der Waals surface area contributed by atoms with Crippen molar-refractivity contribution in [3.8, 4) is 0 Å². The van der Waals surface area contributed by atoms with E-state index in [-0.39, 0.29) is 30.2 Å². The fourth-order valence-corrected chi connectivity index (χ4v) is 2.40. The molecule has 4 nitrogen and oxygen atoms in total. The molecule has 0 bridgehead atoms. The first-order valence-electron chi connectivity index (χ1n) is 6.70. The molecular formula is C15H18ClFO4. The predicted molar refractivity (Wildman–Crippen MR) is 77.0 cm³/mol. The molecule has 0 unspecified atom stereocenters. The highest BCUT2D eigenvalue weighted by molar-refractivity contribution is 6.32. The lowest BCUT2D eigenvalue weighted by molar-refractivity contribution is -0.165. The fourth-order valence-electron chi connectivity index (χ4n) is 2.10. The van der Waals surface area contributed by atoms with Gasteiger partial charge in [0.1, 0.15) is 0 Å². The summed E-state index contributed by atoms with van der Waals surface area (Å²) in [6.45, 7) is 2.46. The largest absolute Gasteiger partial charge is 0.465 e. The van der Waals surface area contributed by atoms with Crippen molar-refractivity contribution >= 4 is 23.5 Å². The number of benzene rings is 1. The summed E-state index contributed by atoms with van der Waals surface area (Å²) in [7, 11) is 0. The molecule has 0 aliphatic carbocycles. The molecule has 0 aliphatic rings. The Morgan fingerprint density at radius 1 is 1.14 bits per heavy atom. The molecule has 0 fully saturated rings. The molecule has 0 aromatic heterocycles. The second-order valence-electron chi connectivity index (χ2n) is 4.27. The van der Waals surface area contributed by atoms with E-state index >= 15 is 0 Å². The number of hydrogen-bond donors (Lipinski definition) is 0. The van der Waals surface area contributed by atoms with Crippen LogP contribution in [-0.2, 0) is 24.5 Å². The molecule has 0 N–H and O–H groups in total. The van der Waals surface area contributed by atoms with Crippen molar-refractivity contribution in [3.05, 3.63) is 34.9 Å². The van der Waals surface area contributed by atoms with Crippen LogP contribution in [0.4, 0.5) is 4.39 Å². The maximum Gasteiger partial charge on any atom is 0.328 e. The van der Waals surface area contributed by atoms with Crippen LogP contribution in [0.1, 0.15) is 25.8 Å². The lowest BCUT2D eigenvalue weighted by Crippen LogP contribution is -2.47. The minimum Gasteiger partial charge on any atom is -0.465 e. The highest BCUT2D eigenvalue weighted by Gasteiger charge is 2.51. The second kappa shape index (κ2) is 7.98. The third-order valence-corrected chi connectivity index (χ3v) is 3.38. The molecule has 1 rings (SSSR count). The van der Waals surface area contributed by atoms with Crippen LogP contribution in [0.3, 0.4) is 0 Å². The summed E-state index contributed by atoms with van der Waals surface area (Å²) in [5.41, 5.74) is -1.68. The second-order valence-corrected chi connectivity index (χ2v) is 4.67. The van der Waals surface area contributed by atoms with Gasteiger partial charge in [0.05, 0.1) is 19.9 Å². The van der Waals surface area contributed by atoms with Crippen molar-refractivity contribution in [1.82, 2.24) is 0 Å². The molecule has 0 heterocycles. The Morgan fingerprint density at radius 2 is 1.67 bits per heavy atom. The zero-order valence-electron chi connectivity index (χ0n) is 12.0. The molecule has 0 amide bonds. The van der Waals surface area contributed by atoms with Crippen molar-refractivity contribution < 1.29 is 23.5 Å². The number of alkyl halides is 1. The minimum absolute atomic E-state index is 0.0662. The van der Waals surface area contributed by atoms with Crippen LogP contribution >= 0.6 is 11.6 Å². The van der Waals surface area contributed by atoms with Crippen molar-refractivity contribution in [3.63, 3.8) is 0 Å². The number of esters is 2. The molecule has 0 radical (unpaired) electrons. The molecule has 1 aromatic carbocycles. The van der Waals surface area contributed by atoms with Gasteiger partial charge < -0.3 is 9.47 Å². The van der Waals surface area contributed by atoms with Gasteiger partial charge in [-0.05, 0) is 25.5 Å². The monoisotopic (exact) mass is 316 g/mol. The van der Waals surface area contributed by atoms with Crippen molar-refractivity contribution in [2.45, 2.75) is 25.7 Å². The highest BCUT2D eigenvalue weighted by Crippen LogP contribution is 2.36. The van der Waals surface area contributed by atoms with Crippen LogP contribution in [0.2, 0.25) is 5.02 Å². The molecule has 116 valence electrons. The average molecular weight is 317 g/mol. The van der Waals surface area contributed by atoms with Crippen LogP contribution in [0, 0.1) is 0 Å². The molecule has 21 heavy (non-hydrogen) atoms. The maximum absolute atomic E-state index is 13.0. The average Bonchev–Trinajstić information content (AvgIpc) is 2.46. The van der Waals surface area contributed by atoms with E-state index in [1.54, 1.807) is 26.0 Å². The number of rotatable bonds is 7. The van der Waals surface area contributed by atoms with Gasteiger partial charge in [0, 0.05) is 11.4 Å². The standard InChI is InChI=1S/C15H18ClFO4/c1-3-20-13(18)15(9-10-17,14(19)21-4-2)11-7-5-6-8-12(11)16/h5-8H,3-4,9-10H2,1-2H3. The molecule has 0 aliphatic heterocycles. The number of ether oxygens (including phenoxy) is 2. The quantitative estimate of drug-likeness (QED) is 0.573. The zero-order valence-corrected chi connectivity index (χ0v) is 12.8. The summed E-state index contributed by atoms with van der Waals surface area (Å²) in [4.78, 5) is 24.8. The zero-order chi connectivity index (χ0) is 15.9. The van der Waals surface area contributed by atoms with Crippen LogP contribution < -0.4 is 0 Å². The van der Waals surface area contributed by atoms with E-state index in [0.717, 1.165) is 0 Å². The Balaban J connectivity index is 3.47. The van der Waals surface area contributed by atoms with E-state index < -0.39 is 24.0 Å². The third-order valence-electron chi connectivity index (χ3n) is 3.05. The third kappa shape index (κ3) is 3.53. The van der Waals surface area contributed by atoms with Crippen LogP contribution in [0.25, 0.3) is 0 Å². The van der Waals surface area contributed by atoms with E-state index in [4.69, 9.17) is 21.1 Å². The van der Waals surface area contributed by atoms with Gasteiger partial charge >= 0.3 is 11.9 Å². The maximum atomic E-state index is 13.0. The van der Waals surface area contributed by atoms with Crippen LogP contribution in [-0.4, -0.2) is 31.8 Å². The van der Waals surface area contributed by atoms with E-state index in [1.807, 2.05) is 0 Å². The lowest BCUT2D eigenvalue weighted by atomic mass is 9.77. The van der Waals surface area contributed by atoms with Crippen molar-refractivity contribution in [2.75, 3.05) is 19.9 Å². The van der Waals surface area contributed by atoms with Gasteiger partial charge in [0.2, 0.25) is 0 Å². The van der Waals surface area contributed by atoms with Gasteiger partial charge in [0.25, 0.3) is 0 Å². The molecule has 6 heteroatoms. The first-order valence-corrected chi connectivity index (χ1v) is 7.07. The van der Waals surface area contributed by atoms with Crippen molar-refractivity contribution in [1.29, 1.82) is 0 Å². The molecule has 0 spiro atoms. The van der Waals surface area contributed by atoms with Gasteiger partial charge in [-0.3, -0.25) is 14.0 Å². The van der Waals surface area contributed by atoms with E-state index in [2.05, 4.69) is 0 Å². The van der Waals surface area contributed by atoms with E-state index in [1.165, 1.54) is 12.1 Å². The van der Waals surface area contributed by atoms with Gasteiger partial charge in [-0.2, -0.15) is 0 Å². The van der Waals surface area contributed by atoms with E-state index in [9.17, 15) is 14.0 Å². The Labute approximate surface area is 128 Å². The summed E-state index contributed by atoms with van der Waals surface area (Å²) in [6.07, 6.45) is -0.381. The summed E-state index contributed by atoms with van der Waals surface area (Å²) in [6, 6.07) is 6.31. The summed E-state index contributed by atoms with van der Waals surface area (Å²) in [5, 5.41) is 0.187. The Bertz CT molecular complexity index is 486. The molecule has 0 atom stereocenters. The SMILES string of the molecule is CCOC(=O)C(CCF)(C(=O)OCC)c1ccccc1Cl. The van der Waals surface area contributed by atoms with Crippen molar-refractivity contribution in [2.24, 2.45) is 0 Å². The fraction of sp³-hybridized carbons (Fsp3) is 0.467. The van der Waals surface area contributed by atoms with Crippen LogP contribution in [0.5, 0.6) is 0 Å². The number of hydrogen-bond acceptors (Lipinski definition) is 4. The molecule has 1 aromatic rings. The Morgan fingerprint density at radius 3 is 2.10 bits per heavy atom. The van der Waals surface area contributed by atoms with Gasteiger partial charge in [-0.15, -0.1) is 0 Å². The first kappa shape index (κ1) is 17.4. The number of carbonyl (C=O) groups is 2. The van der Waals surface area contributed by atoms with E-state index in [0.29, 0.717) is 0 Å². The van der Waals surface area contributed by atoms with Crippen LogP contribution in [0.15, 0.2) is 24.3 Å². The summed E-state index contributed by atoms with van der Waals surface area (Å²) in [5.74, 6) is -1.71. The topological polar surface area (TPSA) is 52.6 Å². The smallest absolute Gasteiger partial charge is 0.328 e. The molecule has 0 saturated heterocycles. The Kier molecular flexibility index (Phi) is 6.62.